The Morgan fingerprint density at radius 2 is 2.19 bits per heavy atom. The largest absolute Gasteiger partial charge is 0.379 e. The lowest BCUT2D eigenvalue weighted by atomic mass is 10.2. The smallest absolute Gasteiger partial charge is 0.324 e. The van der Waals surface area contributed by atoms with E-state index in [1.165, 1.54) is 9.78 Å². The average Bonchev–Trinajstić information content (AvgIpc) is 3.33. The first-order chi connectivity index (χ1) is 13.2. The van der Waals surface area contributed by atoms with Gasteiger partial charge in [0.2, 0.25) is 5.91 Å². The Hall–Kier alpha value is -2.17. The molecule has 148 valence electrons. The summed E-state index contributed by atoms with van der Waals surface area (Å²) < 4.78 is 5.47. The SMILES string of the molecule is CN=C(NCCN1C(=O)CNC1=O)NCC(c1cccs1)N1CCOCC1. The minimum atomic E-state index is -0.338. The molecule has 1 aromatic heterocycles. The van der Waals surface area contributed by atoms with Gasteiger partial charge in [-0.15, -0.1) is 11.3 Å². The van der Waals surface area contributed by atoms with Crippen LogP contribution in [0.3, 0.4) is 0 Å². The van der Waals surface area contributed by atoms with Crippen LogP contribution in [0, 0.1) is 0 Å². The lowest BCUT2D eigenvalue weighted by molar-refractivity contribution is -0.124. The first kappa shape index (κ1) is 19.6. The molecule has 0 bridgehead atoms. The zero-order valence-electron chi connectivity index (χ0n) is 15.4. The van der Waals surface area contributed by atoms with Gasteiger partial charge in [-0.3, -0.25) is 19.6 Å². The van der Waals surface area contributed by atoms with Crippen molar-refractivity contribution in [3.05, 3.63) is 22.4 Å². The number of nitrogens with one attached hydrogen (secondary N) is 3. The number of nitrogens with zero attached hydrogens (tertiary/aromatic N) is 3. The molecule has 1 unspecified atom stereocenters. The first-order valence-electron chi connectivity index (χ1n) is 9.07. The van der Waals surface area contributed by atoms with Crippen LogP contribution in [0.1, 0.15) is 10.9 Å². The van der Waals surface area contributed by atoms with E-state index >= 15 is 0 Å². The minimum Gasteiger partial charge on any atom is -0.379 e. The van der Waals surface area contributed by atoms with E-state index in [0.29, 0.717) is 25.6 Å². The zero-order valence-corrected chi connectivity index (χ0v) is 16.3. The maximum atomic E-state index is 11.6. The number of amides is 3. The number of rotatable bonds is 7. The molecule has 2 aliphatic heterocycles. The van der Waals surface area contributed by atoms with Gasteiger partial charge in [0.25, 0.3) is 0 Å². The summed E-state index contributed by atoms with van der Waals surface area (Å²) in [5.41, 5.74) is 0. The number of imide groups is 1. The molecule has 0 radical (unpaired) electrons. The number of guanidine groups is 1. The van der Waals surface area contributed by atoms with Gasteiger partial charge < -0.3 is 20.7 Å². The van der Waals surface area contributed by atoms with E-state index in [4.69, 9.17) is 4.74 Å². The molecule has 0 spiro atoms. The van der Waals surface area contributed by atoms with E-state index in [0.717, 1.165) is 26.3 Å². The van der Waals surface area contributed by atoms with E-state index in [2.05, 4.69) is 43.4 Å². The Bertz CT molecular complexity index is 644. The standard InChI is InChI=1S/C17H26N6O3S/c1-18-16(19-4-5-23-15(24)12-21-17(23)25)20-11-13(14-3-2-10-27-14)22-6-8-26-9-7-22/h2-3,10,13H,4-9,11-12H2,1H3,(H,21,25)(H2,18,19,20). The molecule has 3 N–H and O–H groups in total. The van der Waals surface area contributed by atoms with Gasteiger partial charge in [0.05, 0.1) is 25.8 Å². The number of carbonyl (C=O) groups is 2. The van der Waals surface area contributed by atoms with Crippen LogP contribution in [0.4, 0.5) is 4.79 Å². The van der Waals surface area contributed by atoms with Crippen molar-refractivity contribution in [2.24, 2.45) is 4.99 Å². The Balaban J connectivity index is 1.50. The van der Waals surface area contributed by atoms with E-state index < -0.39 is 0 Å². The van der Waals surface area contributed by atoms with Crippen LogP contribution in [0.5, 0.6) is 0 Å². The molecule has 2 saturated heterocycles. The molecule has 0 aromatic carbocycles. The van der Waals surface area contributed by atoms with Crippen LogP contribution < -0.4 is 16.0 Å². The summed E-state index contributed by atoms with van der Waals surface area (Å²) in [4.78, 5) is 32.3. The van der Waals surface area contributed by atoms with Crippen molar-refractivity contribution in [2.45, 2.75) is 6.04 Å². The topological polar surface area (TPSA) is 98.3 Å². The van der Waals surface area contributed by atoms with E-state index in [9.17, 15) is 9.59 Å². The fourth-order valence-corrected chi connectivity index (χ4v) is 4.02. The number of ether oxygens (including phenoxy) is 1. The van der Waals surface area contributed by atoms with E-state index in [1.54, 1.807) is 18.4 Å². The molecule has 0 aliphatic carbocycles. The lowest BCUT2D eigenvalue weighted by Gasteiger charge is -2.34. The predicted octanol–water partition coefficient (Wildman–Crippen LogP) is -0.162. The number of hydrogen-bond acceptors (Lipinski definition) is 6. The molecule has 3 amide bonds. The second kappa shape index (κ2) is 9.67. The number of aliphatic imine (C=N–C) groups is 1. The van der Waals surface area contributed by atoms with Gasteiger partial charge in [-0.05, 0) is 11.4 Å². The third-order valence-corrected chi connectivity index (χ3v) is 5.58. The molecular formula is C17H26N6O3S. The summed E-state index contributed by atoms with van der Waals surface area (Å²) in [7, 11) is 1.71. The highest BCUT2D eigenvalue weighted by atomic mass is 32.1. The number of hydrogen-bond donors (Lipinski definition) is 3. The normalized spacial score (nSPS) is 19.9. The fraction of sp³-hybridized carbons (Fsp3) is 0.588. The summed E-state index contributed by atoms with van der Waals surface area (Å²) in [5.74, 6) is 0.451. The van der Waals surface area contributed by atoms with E-state index in [1.807, 2.05) is 0 Å². The molecule has 1 aromatic rings. The van der Waals surface area contributed by atoms with Gasteiger partial charge in [-0.1, -0.05) is 6.07 Å². The van der Waals surface area contributed by atoms with Crippen molar-refractivity contribution >= 4 is 29.2 Å². The van der Waals surface area contributed by atoms with Crippen LogP contribution in [0.15, 0.2) is 22.5 Å². The second-order valence-corrected chi connectivity index (χ2v) is 7.24. The van der Waals surface area contributed by atoms with Gasteiger partial charge in [0, 0.05) is 44.6 Å². The van der Waals surface area contributed by atoms with Gasteiger partial charge in [0.15, 0.2) is 5.96 Å². The summed E-state index contributed by atoms with van der Waals surface area (Å²) >= 11 is 1.75. The monoisotopic (exact) mass is 394 g/mol. The van der Waals surface area contributed by atoms with Gasteiger partial charge >= 0.3 is 6.03 Å². The fourth-order valence-electron chi connectivity index (χ4n) is 3.16. The van der Waals surface area contributed by atoms with Crippen LogP contribution in [-0.4, -0.2) is 87.2 Å². The average molecular weight is 395 g/mol. The van der Waals surface area contributed by atoms with Crippen molar-refractivity contribution in [1.82, 2.24) is 25.8 Å². The highest BCUT2D eigenvalue weighted by Gasteiger charge is 2.28. The third-order valence-electron chi connectivity index (χ3n) is 4.61. The van der Waals surface area contributed by atoms with Crippen LogP contribution in [0.2, 0.25) is 0 Å². The minimum absolute atomic E-state index is 0.0772. The van der Waals surface area contributed by atoms with Crippen molar-refractivity contribution in [3.8, 4) is 0 Å². The maximum Gasteiger partial charge on any atom is 0.324 e. The highest BCUT2D eigenvalue weighted by molar-refractivity contribution is 7.10. The molecule has 2 aliphatic rings. The first-order valence-corrected chi connectivity index (χ1v) is 9.95. The highest BCUT2D eigenvalue weighted by Crippen LogP contribution is 2.25. The van der Waals surface area contributed by atoms with Crippen LogP contribution in [-0.2, 0) is 9.53 Å². The molecule has 3 heterocycles. The van der Waals surface area contributed by atoms with Gasteiger partial charge in [-0.2, -0.15) is 0 Å². The molecule has 0 saturated carbocycles. The van der Waals surface area contributed by atoms with Gasteiger partial charge in [0.1, 0.15) is 0 Å². The maximum absolute atomic E-state index is 11.6. The van der Waals surface area contributed by atoms with Crippen LogP contribution in [0.25, 0.3) is 0 Å². The summed E-state index contributed by atoms with van der Waals surface area (Å²) in [6.07, 6.45) is 0. The van der Waals surface area contributed by atoms with Crippen molar-refractivity contribution in [2.75, 3.05) is 59.5 Å². The Labute approximate surface area is 162 Å². The zero-order chi connectivity index (χ0) is 19.1. The molecule has 9 nitrogen and oxygen atoms in total. The summed E-state index contributed by atoms with van der Waals surface area (Å²) in [6.45, 7) is 4.85. The third kappa shape index (κ3) is 5.18. The Morgan fingerprint density at radius 3 is 2.81 bits per heavy atom. The van der Waals surface area contributed by atoms with Crippen LogP contribution >= 0.6 is 11.3 Å². The number of urea groups is 1. The number of carbonyl (C=O) groups excluding carboxylic acids is 2. The number of morpholine rings is 1. The summed E-state index contributed by atoms with van der Waals surface area (Å²) in [6, 6.07) is 4.13. The van der Waals surface area contributed by atoms with Crippen molar-refractivity contribution in [3.63, 3.8) is 0 Å². The lowest BCUT2D eigenvalue weighted by Crippen LogP contribution is -2.47. The molecule has 2 fully saturated rings. The predicted molar refractivity (Wildman–Crippen MR) is 104 cm³/mol. The molecule has 10 heteroatoms. The Kier molecular flexibility index (Phi) is 7.02. The van der Waals surface area contributed by atoms with Gasteiger partial charge in [-0.25, -0.2) is 4.79 Å². The van der Waals surface area contributed by atoms with Crippen molar-refractivity contribution < 1.29 is 14.3 Å². The Morgan fingerprint density at radius 1 is 1.37 bits per heavy atom. The second-order valence-electron chi connectivity index (χ2n) is 6.26. The van der Waals surface area contributed by atoms with Crippen molar-refractivity contribution in [1.29, 1.82) is 0 Å². The molecule has 27 heavy (non-hydrogen) atoms. The van der Waals surface area contributed by atoms with E-state index in [-0.39, 0.29) is 24.5 Å². The quantitative estimate of drug-likeness (QED) is 0.338. The summed E-state index contributed by atoms with van der Waals surface area (Å²) in [5, 5.41) is 11.1. The molecular weight excluding hydrogens is 368 g/mol. The number of thiophene rings is 1. The molecule has 3 rings (SSSR count). The molecule has 1 atom stereocenters.